The van der Waals surface area contributed by atoms with Crippen LogP contribution in [0.5, 0.6) is 0 Å². The molecule has 1 N–H and O–H groups in total. The Kier molecular flexibility index (Phi) is 5.51. The van der Waals surface area contributed by atoms with Crippen molar-refractivity contribution in [3.63, 3.8) is 0 Å². The molecule has 0 atom stereocenters. The van der Waals surface area contributed by atoms with Gasteiger partial charge in [-0.2, -0.15) is 0 Å². The highest BCUT2D eigenvalue weighted by atomic mass is 32.1. The lowest BCUT2D eigenvalue weighted by Gasteiger charge is -2.20. The smallest absolute Gasteiger partial charge is 0.119 e. The summed E-state index contributed by atoms with van der Waals surface area (Å²) >= 11 is 1.75. The summed E-state index contributed by atoms with van der Waals surface area (Å²) in [4.78, 5) is 6.08. The molecule has 0 unspecified atom stereocenters. The van der Waals surface area contributed by atoms with Gasteiger partial charge in [-0.25, -0.2) is 4.98 Å². The summed E-state index contributed by atoms with van der Waals surface area (Å²) in [6, 6.07) is 10.4. The molecule has 0 aliphatic rings. The predicted molar refractivity (Wildman–Crippen MR) is 89.7 cm³/mol. The third kappa shape index (κ3) is 4.92. The highest BCUT2D eigenvalue weighted by Gasteiger charge is 2.14. The first-order valence-corrected chi connectivity index (χ1v) is 8.09. The van der Waals surface area contributed by atoms with Crippen LogP contribution in [0, 0.1) is 0 Å². The Hall–Kier alpha value is -1.23. The van der Waals surface area contributed by atoms with Gasteiger partial charge in [0.05, 0.1) is 12.3 Å². The highest BCUT2D eigenvalue weighted by molar-refractivity contribution is 7.12. The molecule has 2 aromatic rings. The normalized spacial score (nSPS) is 11.8. The number of nitrogens with zero attached hydrogens (tertiary/aromatic N) is 1. The van der Waals surface area contributed by atoms with Gasteiger partial charge in [0, 0.05) is 29.6 Å². The molecule has 2 rings (SSSR count). The third-order valence-electron chi connectivity index (χ3n) is 3.06. The Morgan fingerprint density at radius 3 is 2.52 bits per heavy atom. The first-order valence-electron chi connectivity index (χ1n) is 7.27. The zero-order valence-corrected chi connectivity index (χ0v) is 14.1. The summed E-state index contributed by atoms with van der Waals surface area (Å²) in [5.41, 5.74) is 2.43. The molecule has 0 spiro atoms. The second-order valence-corrected chi connectivity index (χ2v) is 7.27. The van der Waals surface area contributed by atoms with E-state index in [0.717, 1.165) is 23.7 Å². The number of benzene rings is 1. The molecule has 1 aromatic carbocycles. The number of ether oxygens (including phenoxy) is 1. The van der Waals surface area contributed by atoms with Crippen LogP contribution in [0.3, 0.4) is 0 Å². The van der Waals surface area contributed by atoms with E-state index in [1.54, 1.807) is 18.4 Å². The van der Waals surface area contributed by atoms with Crippen molar-refractivity contribution in [2.75, 3.05) is 13.7 Å². The summed E-state index contributed by atoms with van der Waals surface area (Å²) in [6.45, 7) is 8.10. The van der Waals surface area contributed by atoms with E-state index < -0.39 is 0 Å². The molecule has 0 fully saturated rings. The van der Waals surface area contributed by atoms with E-state index in [9.17, 15) is 0 Å². The molecule has 1 aromatic heterocycles. The maximum Gasteiger partial charge on any atom is 0.119 e. The van der Waals surface area contributed by atoms with Crippen molar-refractivity contribution in [2.45, 2.75) is 39.3 Å². The fourth-order valence-electron chi connectivity index (χ4n) is 2.13. The lowest BCUT2D eigenvalue weighted by atomic mass is 10.1. The van der Waals surface area contributed by atoms with Crippen molar-refractivity contribution in [3.05, 3.63) is 40.2 Å². The molecule has 21 heavy (non-hydrogen) atoms. The van der Waals surface area contributed by atoms with Gasteiger partial charge in [-0.15, -0.1) is 11.3 Å². The zero-order chi connectivity index (χ0) is 15.3. The molecule has 0 saturated carbocycles. The van der Waals surface area contributed by atoms with Crippen LogP contribution in [0.4, 0.5) is 0 Å². The van der Waals surface area contributed by atoms with Crippen molar-refractivity contribution >= 4 is 11.3 Å². The molecule has 3 nitrogen and oxygen atoms in total. The molecular weight excluding hydrogens is 280 g/mol. The SMILES string of the molecule is COCc1nc(-c2ccccc2)c(CCNC(C)(C)C)s1. The summed E-state index contributed by atoms with van der Waals surface area (Å²) < 4.78 is 5.22. The number of hydrogen-bond acceptors (Lipinski definition) is 4. The van der Waals surface area contributed by atoms with Crippen LogP contribution in [-0.4, -0.2) is 24.2 Å². The van der Waals surface area contributed by atoms with Crippen molar-refractivity contribution in [3.8, 4) is 11.3 Å². The molecule has 0 bridgehead atoms. The average molecular weight is 304 g/mol. The Bertz CT molecular complexity index is 558. The Morgan fingerprint density at radius 2 is 1.90 bits per heavy atom. The van der Waals surface area contributed by atoms with Gasteiger partial charge in [-0.05, 0) is 27.2 Å². The van der Waals surface area contributed by atoms with Gasteiger partial charge in [-0.3, -0.25) is 0 Å². The summed E-state index contributed by atoms with van der Waals surface area (Å²) in [6.07, 6.45) is 0.989. The van der Waals surface area contributed by atoms with Crippen LogP contribution in [0.1, 0.15) is 30.7 Å². The quantitative estimate of drug-likeness (QED) is 0.879. The summed E-state index contributed by atoms with van der Waals surface area (Å²) in [5.74, 6) is 0. The van der Waals surface area contributed by atoms with Crippen molar-refractivity contribution in [1.29, 1.82) is 0 Å². The standard InChI is InChI=1S/C17H24N2OS/c1-17(2,3)18-11-10-14-16(13-8-6-5-7-9-13)19-15(21-14)12-20-4/h5-9,18H,10-12H2,1-4H3. The van der Waals surface area contributed by atoms with Crippen LogP contribution in [0.2, 0.25) is 0 Å². The van der Waals surface area contributed by atoms with E-state index in [1.807, 2.05) is 6.07 Å². The fraction of sp³-hybridized carbons (Fsp3) is 0.471. The van der Waals surface area contributed by atoms with Crippen LogP contribution in [0.25, 0.3) is 11.3 Å². The summed E-state index contributed by atoms with van der Waals surface area (Å²) in [7, 11) is 1.71. The van der Waals surface area contributed by atoms with Crippen LogP contribution in [0.15, 0.2) is 30.3 Å². The van der Waals surface area contributed by atoms with E-state index in [-0.39, 0.29) is 5.54 Å². The van der Waals surface area contributed by atoms with Gasteiger partial charge in [0.2, 0.25) is 0 Å². The number of hydrogen-bond donors (Lipinski definition) is 1. The minimum atomic E-state index is 0.146. The van der Waals surface area contributed by atoms with Crippen molar-refractivity contribution < 1.29 is 4.74 Å². The molecule has 0 aliphatic carbocycles. The Balaban J connectivity index is 2.18. The molecule has 114 valence electrons. The largest absolute Gasteiger partial charge is 0.378 e. The summed E-state index contributed by atoms with van der Waals surface area (Å²) in [5, 5.41) is 4.58. The van der Waals surface area contributed by atoms with Crippen LogP contribution < -0.4 is 5.32 Å². The number of methoxy groups -OCH3 is 1. The van der Waals surface area contributed by atoms with Gasteiger partial charge in [0.15, 0.2) is 0 Å². The minimum absolute atomic E-state index is 0.146. The number of nitrogens with one attached hydrogen (secondary N) is 1. The first kappa shape index (κ1) is 16.1. The van der Waals surface area contributed by atoms with E-state index in [2.05, 4.69) is 50.4 Å². The topological polar surface area (TPSA) is 34.1 Å². The Morgan fingerprint density at radius 1 is 1.19 bits per heavy atom. The molecule has 1 heterocycles. The predicted octanol–water partition coefficient (Wildman–Crippen LogP) is 3.89. The molecule has 0 aliphatic heterocycles. The van der Waals surface area contributed by atoms with Gasteiger partial charge < -0.3 is 10.1 Å². The highest BCUT2D eigenvalue weighted by Crippen LogP contribution is 2.29. The second kappa shape index (κ2) is 7.16. The molecule has 0 amide bonds. The lowest BCUT2D eigenvalue weighted by Crippen LogP contribution is -2.37. The maximum atomic E-state index is 5.22. The fourth-order valence-corrected chi connectivity index (χ4v) is 3.19. The number of aromatic nitrogens is 1. The Labute approximate surface area is 131 Å². The van der Waals surface area contributed by atoms with Crippen LogP contribution in [-0.2, 0) is 17.8 Å². The molecule has 4 heteroatoms. The van der Waals surface area contributed by atoms with Gasteiger partial charge >= 0.3 is 0 Å². The monoisotopic (exact) mass is 304 g/mol. The molecule has 0 saturated heterocycles. The minimum Gasteiger partial charge on any atom is -0.378 e. The van der Waals surface area contributed by atoms with Gasteiger partial charge in [0.25, 0.3) is 0 Å². The van der Waals surface area contributed by atoms with Crippen LogP contribution >= 0.6 is 11.3 Å². The first-order chi connectivity index (χ1) is 9.99. The number of thiazole rings is 1. The maximum absolute atomic E-state index is 5.22. The van der Waals surface area contributed by atoms with Crippen molar-refractivity contribution in [1.82, 2.24) is 10.3 Å². The van der Waals surface area contributed by atoms with Gasteiger partial charge in [-0.1, -0.05) is 30.3 Å². The van der Waals surface area contributed by atoms with E-state index in [4.69, 9.17) is 9.72 Å². The lowest BCUT2D eigenvalue weighted by molar-refractivity contribution is 0.184. The zero-order valence-electron chi connectivity index (χ0n) is 13.3. The number of rotatable bonds is 6. The average Bonchev–Trinajstić information content (AvgIpc) is 2.82. The van der Waals surface area contributed by atoms with E-state index in [0.29, 0.717) is 6.61 Å². The van der Waals surface area contributed by atoms with E-state index in [1.165, 1.54) is 10.4 Å². The second-order valence-electron chi connectivity index (χ2n) is 6.11. The van der Waals surface area contributed by atoms with E-state index >= 15 is 0 Å². The van der Waals surface area contributed by atoms with Gasteiger partial charge in [0.1, 0.15) is 5.01 Å². The molecular formula is C17H24N2OS. The van der Waals surface area contributed by atoms with Crippen molar-refractivity contribution in [2.24, 2.45) is 0 Å². The molecule has 0 radical (unpaired) electrons. The third-order valence-corrected chi connectivity index (χ3v) is 4.15.